The summed E-state index contributed by atoms with van der Waals surface area (Å²) >= 11 is 0. The van der Waals surface area contributed by atoms with Crippen molar-refractivity contribution >= 4 is 17.3 Å². The summed E-state index contributed by atoms with van der Waals surface area (Å²) in [6.07, 6.45) is 8.62. The maximum Gasteiger partial charge on any atom is 0.160 e. The van der Waals surface area contributed by atoms with Crippen molar-refractivity contribution in [3.8, 4) is 0 Å². The van der Waals surface area contributed by atoms with Gasteiger partial charge in [-0.1, -0.05) is 13.5 Å². The Morgan fingerprint density at radius 2 is 1.96 bits per heavy atom. The smallest absolute Gasteiger partial charge is 0.160 e. The summed E-state index contributed by atoms with van der Waals surface area (Å²) in [6, 6.07) is 0. The average Bonchev–Trinajstić information content (AvgIpc) is 2.85. The van der Waals surface area contributed by atoms with Gasteiger partial charge >= 0.3 is 0 Å². The first kappa shape index (κ1) is 15.8. The van der Waals surface area contributed by atoms with Crippen LogP contribution in [-0.2, 0) is 14.4 Å². The summed E-state index contributed by atoms with van der Waals surface area (Å²) in [4.78, 5) is 37.3. The second kappa shape index (κ2) is 5.13. The molecule has 3 nitrogen and oxygen atoms in total. The molecule has 4 aliphatic rings. The van der Waals surface area contributed by atoms with Gasteiger partial charge in [0.1, 0.15) is 5.78 Å². The lowest BCUT2D eigenvalue weighted by molar-refractivity contribution is -0.137. The standard InChI is InChI=1S/C21H24O3/c1-3-8-21-10-6-13(22)11-17(21)18(23)12-14-15-4-5-19(24)20(15,2)9-7-16(14)21/h8,11,14-16H,1,4-7,9-10,12H2,2H3. The molecule has 5 unspecified atom stereocenters. The van der Waals surface area contributed by atoms with Crippen LogP contribution in [0.2, 0.25) is 0 Å². The molecular formula is C21H24O3. The molecule has 0 aromatic heterocycles. The van der Waals surface area contributed by atoms with Crippen LogP contribution in [0.1, 0.15) is 51.9 Å². The van der Waals surface area contributed by atoms with Gasteiger partial charge in [-0.15, -0.1) is 5.73 Å². The highest BCUT2D eigenvalue weighted by molar-refractivity contribution is 6.06. The van der Waals surface area contributed by atoms with E-state index in [0.717, 1.165) is 19.3 Å². The Morgan fingerprint density at radius 1 is 1.17 bits per heavy atom. The fourth-order valence-corrected chi connectivity index (χ4v) is 6.30. The normalized spacial score (nSPS) is 44.1. The molecule has 0 heterocycles. The van der Waals surface area contributed by atoms with Gasteiger partial charge in [0.05, 0.1) is 0 Å². The van der Waals surface area contributed by atoms with E-state index in [2.05, 4.69) is 19.2 Å². The van der Waals surface area contributed by atoms with Crippen LogP contribution < -0.4 is 0 Å². The van der Waals surface area contributed by atoms with Crippen LogP contribution in [0.3, 0.4) is 0 Å². The third-order valence-corrected chi connectivity index (χ3v) is 7.48. The Kier molecular flexibility index (Phi) is 3.37. The van der Waals surface area contributed by atoms with Crippen molar-refractivity contribution in [3.63, 3.8) is 0 Å². The van der Waals surface area contributed by atoms with E-state index in [4.69, 9.17) is 0 Å². The maximum atomic E-state index is 12.9. The lowest BCUT2D eigenvalue weighted by atomic mass is 9.46. The topological polar surface area (TPSA) is 51.2 Å². The molecule has 0 spiro atoms. The van der Waals surface area contributed by atoms with Crippen LogP contribution in [0, 0.1) is 28.6 Å². The highest BCUT2D eigenvalue weighted by Gasteiger charge is 2.61. The van der Waals surface area contributed by atoms with Gasteiger partial charge in [-0.05, 0) is 55.6 Å². The molecule has 0 aromatic carbocycles. The largest absolute Gasteiger partial charge is 0.299 e. The molecule has 0 bridgehead atoms. The van der Waals surface area contributed by atoms with E-state index < -0.39 is 0 Å². The van der Waals surface area contributed by atoms with Gasteiger partial charge in [0.15, 0.2) is 11.6 Å². The first-order valence-electron chi connectivity index (χ1n) is 9.11. The fourth-order valence-electron chi connectivity index (χ4n) is 6.30. The van der Waals surface area contributed by atoms with E-state index in [0.29, 0.717) is 48.9 Å². The maximum absolute atomic E-state index is 12.9. The van der Waals surface area contributed by atoms with Crippen molar-refractivity contribution in [1.82, 2.24) is 0 Å². The average molecular weight is 324 g/mol. The number of allylic oxidation sites excluding steroid dienone is 2. The highest BCUT2D eigenvalue weighted by Crippen LogP contribution is 2.64. The molecule has 24 heavy (non-hydrogen) atoms. The molecule has 3 heteroatoms. The molecule has 0 aromatic rings. The number of hydrogen-bond donors (Lipinski definition) is 0. The number of hydrogen-bond acceptors (Lipinski definition) is 3. The van der Waals surface area contributed by atoms with E-state index >= 15 is 0 Å². The minimum Gasteiger partial charge on any atom is -0.299 e. The Hall–Kier alpha value is -1.73. The first-order chi connectivity index (χ1) is 11.4. The molecule has 5 atom stereocenters. The van der Waals surface area contributed by atoms with E-state index in [1.54, 1.807) is 6.08 Å². The van der Waals surface area contributed by atoms with Crippen molar-refractivity contribution in [2.75, 3.05) is 0 Å². The van der Waals surface area contributed by atoms with Crippen molar-refractivity contribution < 1.29 is 14.4 Å². The number of fused-ring (bicyclic) bond motifs is 5. The number of rotatable bonds is 1. The molecule has 126 valence electrons. The minimum atomic E-state index is -0.386. The summed E-state index contributed by atoms with van der Waals surface area (Å²) in [6.45, 7) is 5.87. The Balaban J connectivity index is 1.83. The molecule has 0 amide bonds. The van der Waals surface area contributed by atoms with Gasteiger partial charge in [0.2, 0.25) is 0 Å². The van der Waals surface area contributed by atoms with Crippen LogP contribution in [0.15, 0.2) is 30.0 Å². The molecule has 3 saturated carbocycles. The summed E-state index contributed by atoms with van der Waals surface area (Å²) in [5.41, 5.74) is 2.98. The van der Waals surface area contributed by atoms with Crippen molar-refractivity contribution in [2.24, 2.45) is 28.6 Å². The van der Waals surface area contributed by atoms with Crippen LogP contribution in [0.5, 0.6) is 0 Å². The molecule has 0 radical (unpaired) electrons. The predicted octanol–water partition coefficient (Wildman–Crippen LogP) is 3.59. The minimum absolute atomic E-state index is 0.0570. The molecule has 4 rings (SSSR count). The molecule has 4 aliphatic carbocycles. The van der Waals surface area contributed by atoms with Gasteiger partial charge in [-0.3, -0.25) is 14.4 Å². The zero-order valence-electron chi connectivity index (χ0n) is 14.3. The third kappa shape index (κ3) is 1.88. The second-order valence-electron chi connectivity index (χ2n) is 8.34. The Labute approximate surface area is 142 Å². The molecule has 0 saturated heterocycles. The van der Waals surface area contributed by atoms with Gasteiger partial charge in [-0.2, -0.15) is 0 Å². The van der Waals surface area contributed by atoms with Crippen molar-refractivity contribution in [3.05, 3.63) is 30.0 Å². The number of Topliss-reactive ketones (excluding diaryl/α,β-unsaturated/α-hetero) is 2. The van der Waals surface area contributed by atoms with Gasteiger partial charge in [0, 0.05) is 35.7 Å². The van der Waals surface area contributed by atoms with Gasteiger partial charge in [-0.25, -0.2) is 0 Å². The first-order valence-corrected chi connectivity index (χ1v) is 9.11. The van der Waals surface area contributed by atoms with Crippen LogP contribution in [0.4, 0.5) is 0 Å². The number of ketones is 3. The van der Waals surface area contributed by atoms with Crippen LogP contribution in [-0.4, -0.2) is 17.3 Å². The second-order valence-corrected chi connectivity index (χ2v) is 8.34. The van der Waals surface area contributed by atoms with Gasteiger partial charge < -0.3 is 0 Å². The van der Waals surface area contributed by atoms with Crippen LogP contribution >= 0.6 is 0 Å². The van der Waals surface area contributed by atoms with Crippen molar-refractivity contribution in [2.45, 2.75) is 51.9 Å². The number of carbonyl (C=O) groups excluding carboxylic acids is 3. The molecular weight excluding hydrogens is 300 g/mol. The summed E-state index contributed by atoms with van der Waals surface area (Å²) in [7, 11) is 0. The lowest BCUT2D eigenvalue weighted by Crippen LogP contribution is -2.53. The SMILES string of the molecule is C=C=CC12CCC(=O)C=C1C(=O)CC1C3CCC(=O)C3(C)CCC12. The highest BCUT2D eigenvalue weighted by atomic mass is 16.1. The summed E-state index contributed by atoms with van der Waals surface area (Å²) < 4.78 is 0. The fraction of sp³-hybridized carbons (Fsp3) is 0.619. The number of carbonyl (C=O) groups is 3. The van der Waals surface area contributed by atoms with E-state index in [1.807, 2.05) is 6.08 Å². The molecule has 3 fully saturated rings. The quantitative estimate of drug-likeness (QED) is 0.693. The van der Waals surface area contributed by atoms with Crippen LogP contribution in [0.25, 0.3) is 0 Å². The van der Waals surface area contributed by atoms with E-state index in [-0.39, 0.29) is 28.3 Å². The lowest BCUT2D eigenvalue weighted by Gasteiger charge is -2.56. The zero-order chi connectivity index (χ0) is 17.1. The summed E-state index contributed by atoms with van der Waals surface area (Å²) in [5, 5.41) is 0. The van der Waals surface area contributed by atoms with Crippen molar-refractivity contribution in [1.29, 1.82) is 0 Å². The monoisotopic (exact) mass is 324 g/mol. The Morgan fingerprint density at radius 3 is 2.71 bits per heavy atom. The zero-order valence-corrected chi connectivity index (χ0v) is 14.3. The third-order valence-electron chi connectivity index (χ3n) is 7.48. The summed E-state index contributed by atoms with van der Waals surface area (Å²) in [5.74, 6) is 1.42. The predicted molar refractivity (Wildman–Crippen MR) is 90.1 cm³/mol. The van der Waals surface area contributed by atoms with E-state index in [1.165, 1.54) is 0 Å². The molecule has 0 aliphatic heterocycles. The van der Waals surface area contributed by atoms with Gasteiger partial charge in [0.25, 0.3) is 0 Å². The molecule has 0 N–H and O–H groups in total. The van der Waals surface area contributed by atoms with E-state index in [9.17, 15) is 14.4 Å². The Bertz CT molecular complexity index is 723.